The van der Waals surface area contributed by atoms with Gasteiger partial charge in [-0.3, -0.25) is 4.90 Å². The number of hydrogen-bond acceptors (Lipinski definition) is 6. The highest BCUT2D eigenvalue weighted by atomic mass is 16.5. The van der Waals surface area contributed by atoms with Crippen molar-refractivity contribution in [3.8, 4) is 0 Å². The fourth-order valence-corrected chi connectivity index (χ4v) is 3.16. The molecule has 0 aromatic carbocycles. The molecule has 0 radical (unpaired) electrons. The van der Waals surface area contributed by atoms with Crippen LogP contribution >= 0.6 is 0 Å². The largest absolute Gasteiger partial charge is 0.379 e. The number of nitrogens with zero attached hydrogens (tertiary/aromatic N) is 5. The third kappa shape index (κ3) is 5.54. The number of nitrogens with one attached hydrogen (secondary N) is 1. The van der Waals surface area contributed by atoms with Crippen molar-refractivity contribution in [1.29, 1.82) is 0 Å². The van der Waals surface area contributed by atoms with E-state index in [2.05, 4.69) is 25.1 Å². The summed E-state index contributed by atoms with van der Waals surface area (Å²) >= 11 is 0. The van der Waals surface area contributed by atoms with Crippen LogP contribution < -0.4 is 10.2 Å². The van der Waals surface area contributed by atoms with Gasteiger partial charge >= 0.3 is 6.03 Å². The summed E-state index contributed by atoms with van der Waals surface area (Å²) in [6.07, 6.45) is 5.62. The van der Waals surface area contributed by atoms with Crippen molar-refractivity contribution in [3.63, 3.8) is 0 Å². The normalized spacial score (nSPS) is 19.0. The molecule has 1 aromatic rings. The summed E-state index contributed by atoms with van der Waals surface area (Å²) in [5.41, 5.74) is 0. The molecule has 1 N–H and O–H groups in total. The molecule has 0 bridgehead atoms. The van der Waals surface area contributed by atoms with E-state index in [1.807, 2.05) is 11.0 Å². The van der Waals surface area contributed by atoms with Gasteiger partial charge in [-0.15, -0.1) is 0 Å². The number of ether oxygens (including phenoxy) is 1. The van der Waals surface area contributed by atoms with Gasteiger partial charge in [-0.25, -0.2) is 14.8 Å². The predicted molar refractivity (Wildman–Crippen MR) is 95.7 cm³/mol. The topological polar surface area (TPSA) is 73.8 Å². The number of carbonyl (C=O) groups is 1. The lowest BCUT2D eigenvalue weighted by molar-refractivity contribution is 0.0372. The van der Waals surface area contributed by atoms with E-state index < -0.39 is 0 Å². The van der Waals surface area contributed by atoms with Crippen LogP contribution in [0.15, 0.2) is 18.5 Å². The van der Waals surface area contributed by atoms with Crippen molar-refractivity contribution in [1.82, 2.24) is 25.1 Å². The maximum absolute atomic E-state index is 12.2. The molecular weight excluding hydrogens is 320 g/mol. The summed E-state index contributed by atoms with van der Waals surface area (Å²) in [6.45, 7) is 8.54. The predicted octanol–water partition coefficient (Wildman–Crippen LogP) is 0.421. The van der Waals surface area contributed by atoms with Gasteiger partial charge in [0, 0.05) is 58.2 Å². The molecule has 2 aliphatic rings. The lowest BCUT2D eigenvalue weighted by Gasteiger charge is -2.34. The zero-order chi connectivity index (χ0) is 17.3. The fraction of sp³-hybridized carbons (Fsp3) is 0.706. The number of amides is 2. The quantitative estimate of drug-likeness (QED) is 0.751. The fourth-order valence-electron chi connectivity index (χ4n) is 3.16. The molecule has 0 saturated carbocycles. The number of carbonyl (C=O) groups excluding carboxylic acids is 1. The molecule has 1 aromatic heterocycles. The average Bonchev–Trinajstić information content (AvgIpc) is 2.69. The van der Waals surface area contributed by atoms with Gasteiger partial charge in [0.05, 0.1) is 13.2 Å². The third-order valence-electron chi connectivity index (χ3n) is 4.68. The lowest BCUT2D eigenvalue weighted by Crippen LogP contribution is -2.52. The Labute approximate surface area is 149 Å². The van der Waals surface area contributed by atoms with Gasteiger partial charge < -0.3 is 19.9 Å². The number of piperazine rings is 1. The number of urea groups is 1. The zero-order valence-corrected chi connectivity index (χ0v) is 14.8. The summed E-state index contributed by atoms with van der Waals surface area (Å²) in [7, 11) is 0. The lowest BCUT2D eigenvalue weighted by atomic mass is 10.2. The molecule has 8 nitrogen and oxygen atoms in total. The summed E-state index contributed by atoms with van der Waals surface area (Å²) in [5.74, 6) is 0.741. The Morgan fingerprint density at radius 2 is 1.76 bits per heavy atom. The zero-order valence-electron chi connectivity index (χ0n) is 14.8. The number of hydrogen-bond donors (Lipinski definition) is 1. The van der Waals surface area contributed by atoms with E-state index in [1.54, 1.807) is 12.4 Å². The smallest absolute Gasteiger partial charge is 0.317 e. The summed E-state index contributed by atoms with van der Waals surface area (Å²) in [4.78, 5) is 27.2. The van der Waals surface area contributed by atoms with Gasteiger partial charge in [0.2, 0.25) is 5.95 Å². The van der Waals surface area contributed by atoms with Crippen LogP contribution in [-0.2, 0) is 4.74 Å². The van der Waals surface area contributed by atoms with Crippen molar-refractivity contribution in [2.75, 3.05) is 70.5 Å². The first-order valence-corrected chi connectivity index (χ1v) is 9.18. The average molecular weight is 348 g/mol. The molecule has 2 saturated heterocycles. The van der Waals surface area contributed by atoms with E-state index in [1.165, 1.54) is 0 Å². The first-order valence-electron chi connectivity index (χ1n) is 9.18. The van der Waals surface area contributed by atoms with Crippen LogP contribution in [0.2, 0.25) is 0 Å². The second-order valence-corrected chi connectivity index (χ2v) is 6.42. The molecular formula is C17H28N6O2. The minimum Gasteiger partial charge on any atom is -0.379 e. The van der Waals surface area contributed by atoms with E-state index in [0.29, 0.717) is 13.1 Å². The second-order valence-electron chi connectivity index (χ2n) is 6.42. The Bertz CT molecular complexity index is 515. The number of aromatic nitrogens is 2. The molecule has 2 fully saturated rings. The SMILES string of the molecule is O=C(NCCCCN1CCOCC1)N1CCN(c2ncccn2)CC1. The highest BCUT2D eigenvalue weighted by Crippen LogP contribution is 2.09. The van der Waals surface area contributed by atoms with Gasteiger partial charge in [-0.05, 0) is 25.5 Å². The second kappa shape index (κ2) is 9.53. The molecule has 3 heterocycles. The first-order chi connectivity index (χ1) is 12.3. The van der Waals surface area contributed by atoms with Gasteiger partial charge in [0.25, 0.3) is 0 Å². The molecule has 0 aliphatic carbocycles. The number of anilines is 1. The van der Waals surface area contributed by atoms with Gasteiger partial charge in [-0.1, -0.05) is 0 Å². The maximum atomic E-state index is 12.2. The van der Waals surface area contributed by atoms with Crippen LogP contribution in [0.3, 0.4) is 0 Å². The van der Waals surface area contributed by atoms with Gasteiger partial charge in [0.1, 0.15) is 0 Å². The molecule has 0 atom stereocenters. The van der Waals surface area contributed by atoms with E-state index in [4.69, 9.17) is 4.74 Å². The van der Waals surface area contributed by atoms with Crippen LogP contribution in [0.25, 0.3) is 0 Å². The Kier molecular flexibility index (Phi) is 6.81. The minimum atomic E-state index is 0.0417. The van der Waals surface area contributed by atoms with E-state index >= 15 is 0 Å². The van der Waals surface area contributed by atoms with Crippen molar-refractivity contribution in [2.45, 2.75) is 12.8 Å². The maximum Gasteiger partial charge on any atom is 0.317 e. The van der Waals surface area contributed by atoms with Crippen LogP contribution in [0, 0.1) is 0 Å². The highest BCUT2D eigenvalue weighted by Gasteiger charge is 2.22. The standard InChI is InChI=1S/C17H28N6O2/c24-17(20-4-1-2-7-21-12-14-25-15-13-21)23-10-8-22(9-11-23)16-18-5-3-6-19-16/h3,5-6H,1-2,4,7-15H2,(H,20,24). The minimum absolute atomic E-state index is 0.0417. The number of rotatable bonds is 6. The van der Waals surface area contributed by atoms with Crippen LogP contribution in [0.4, 0.5) is 10.7 Å². The monoisotopic (exact) mass is 348 g/mol. The van der Waals surface area contributed by atoms with E-state index in [-0.39, 0.29) is 6.03 Å². The molecule has 3 rings (SSSR count). The van der Waals surface area contributed by atoms with Crippen molar-refractivity contribution < 1.29 is 9.53 Å². The summed E-state index contributed by atoms with van der Waals surface area (Å²) in [5, 5.41) is 3.04. The third-order valence-corrected chi connectivity index (χ3v) is 4.68. The Morgan fingerprint density at radius 3 is 2.48 bits per heavy atom. The van der Waals surface area contributed by atoms with Crippen molar-refractivity contribution in [2.24, 2.45) is 0 Å². The Hall–Kier alpha value is -1.93. The molecule has 25 heavy (non-hydrogen) atoms. The number of morpholine rings is 1. The van der Waals surface area contributed by atoms with Crippen LogP contribution in [0.5, 0.6) is 0 Å². The Balaban J connectivity index is 1.28. The Morgan fingerprint density at radius 1 is 1.04 bits per heavy atom. The molecule has 138 valence electrons. The van der Waals surface area contributed by atoms with E-state index in [9.17, 15) is 4.79 Å². The molecule has 2 amide bonds. The molecule has 8 heteroatoms. The molecule has 0 spiro atoms. The summed E-state index contributed by atoms with van der Waals surface area (Å²) < 4.78 is 5.35. The highest BCUT2D eigenvalue weighted by molar-refractivity contribution is 5.74. The molecule has 2 aliphatic heterocycles. The van der Waals surface area contributed by atoms with Crippen molar-refractivity contribution in [3.05, 3.63) is 18.5 Å². The number of unbranched alkanes of at least 4 members (excludes halogenated alkanes) is 1. The van der Waals surface area contributed by atoms with Gasteiger partial charge in [0.15, 0.2) is 0 Å². The molecule has 0 unspecified atom stereocenters. The van der Waals surface area contributed by atoms with Crippen LogP contribution in [0.1, 0.15) is 12.8 Å². The van der Waals surface area contributed by atoms with Crippen LogP contribution in [-0.4, -0.2) is 91.4 Å². The summed E-state index contributed by atoms with van der Waals surface area (Å²) in [6, 6.07) is 1.85. The van der Waals surface area contributed by atoms with Crippen molar-refractivity contribution >= 4 is 12.0 Å². The van der Waals surface area contributed by atoms with E-state index in [0.717, 1.165) is 71.3 Å². The first kappa shape index (κ1) is 17.9. The van der Waals surface area contributed by atoms with Gasteiger partial charge in [-0.2, -0.15) is 0 Å².